The third-order valence-corrected chi connectivity index (χ3v) is 2.86. The van der Waals surface area contributed by atoms with Crippen molar-refractivity contribution >= 4 is 23.3 Å². The molecule has 0 fully saturated rings. The SMILES string of the molecule is CCCOc1cccc(C(=O)Nc2ncccc2Cl)c1. The van der Waals surface area contributed by atoms with Crippen molar-refractivity contribution in [2.24, 2.45) is 0 Å². The number of carbonyl (C=O) groups excluding carboxylic acids is 1. The average Bonchev–Trinajstić information content (AvgIpc) is 2.48. The van der Waals surface area contributed by atoms with Gasteiger partial charge in [-0.15, -0.1) is 0 Å². The van der Waals surface area contributed by atoms with Crippen molar-refractivity contribution in [2.75, 3.05) is 11.9 Å². The molecular formula is C15H15ClN2O2. The second kappa shape index (κ2) is 6.91. The van der Waals surface area contributed by atoms with E-state index in [1.54, 1.807) is 36.5 Å². The Labute approximate surface area is 122 Å². The molecule has 4 nitrogen and oxygen atoms in total. The first kappa shape index (κ1) is 14.3. The van der Waals surface area contributed by atoms with Gasteiger partial charge in [0, 0.05) is 11.8 Å². The van der Waals surface area contributed by atoms with Crippen molar-refractivity contribution in [3.63, 3.8) is 0 Å². The molecule has 0 aliphatic carbocycles. The average molecular weight is 291 g/mol. The minimum atomic E-state index is -0.271. The number of hydrogen-bond donors (Lipinski definition) is 1. The quantitative estimate of drug-likeness (QED) is 0.912. The molecule has 0 bridgehead atoms. The highest BCUT2D eigenvalue weighted by Gasteiger charge is 2.09. The Bertz CT molecular complexity index is 602. The predicted octanol–water partition coefficient (Wildman–Crippen LogP) is 3.78. The van der Waals surface area contributed by atoms with E-state index in [9.17, 15) is 4.79 Å². The summed E-state index contributed by atoms with van der Waals surface area (Å²) in [4.78, 5) is 16.1. The molecule has 2 rings (SSSR count). The number of nitrogens with one attached hydrogen (secondary N) is 1. The van der Waals surface area contributed by atoms with Crippen LogP contribution in [0.5, 0.6) is 5.75 Å². The van der Waals surface area contributed by atoms with Gasteiger partial charge in [-0.1, -0.05) is 24.6 Å². The van der Waals surface area contributed by atoms with Gasteiger partial charge >= 0.3 is 0 Å². The van der Waals surface area contributed by atoms with Gasteiger partial charge in [0.25, 0.3) is 5.91 Å². The molecule has 1 amide bonds. The van der Waals surface area contributed by atoms with Crippen LogP contribution in [0.1, 0.15) is 23.7 Å². The van der Waals surface area contributed by atoms with Crippen molar-refractivity contribution in [3.05, 3.63) is 53.2 Å². The highest BCUT2D eigenvalue weighted by atomic mass is 35.5. The van der Waals surface area contributed by atoms with Gasteiger partial charge < -0.3 is 10.1 Å². The number of anilines is 1. The predicted molar refractivity (Wildman–Crippen MR) is 79.4 cm³/mol. The Hall–Kier alpha value is -2.07. The van der Waals surface area contributed by atoms with Gasteiger partial charge in [-0.3, -0.25) is 4.79 Å². The van der Waals surface area contributed by atoms with Gasteiger partial charge in [0.2, 0.25) is 0 Å². The first-order chi connectivity index (χ1) is 9.70. The lowest BCUT2D eigenvalue weighted by Gasteiger charge is -2.08. The summed E-state index contributed by atoms with van der Waals surface area (Å²) in [7, 11) is 0. The topological polar surface area (TPSA) is 51.2 Å². The lowest BCUT2D eigenvalue weighted by Crippen LogP contribution is -2.13. The summed E-state index contributed by atoms with van der Waals surface area (Å²) >= 11 is 5.95. The second-order valence-corrected chi connectivity index (χ2v) is 4.57. The zero-order chi connectivity index (χ0) is 14.4. The van der Waals surface area contributed by atoms with Crippen molar-refractivity contribution in [1.82, 2.24) is 4.98 Å². The van der Waals surface area contributed by atoms with E-state index in [1.807, 2.05) is 13.0 Å². The summed E-state index contributed by atoms with van der Waals surface area (Å²) in [6, 6.07) is 10.4. The molecule has 1 N–H and O–H groups in total. The van der Waals surface area contributed by atoms with Crippen LogP contribution in [-0.2, 0) is 0 Å². The Morgan fingerprint density at radius 2 is 2.20 bits per heavy atom. The van der Waals surface area contributed by atoms with Crippen molar-refractivity contribution < 1.29 is 9.53 Å². The molecule has 104 valence electrons. The molecular weight excluding hydrogens is 276 g/mol. The fourth-order valence-electron chi connectivity index (χ4n) is 1.60. The summed E-state index contributed by atoms with van der Waals surface area (Å²) in [6.45, 7) is 2.65. The maximum atomic E-state index is 12.1. The van der Waals surface area contributed by atoms with Gasteiger partial charge in [0.1, 0.15) is 5.75 Å². The lowest BCUT2D eigenvalue weighted by molar-refractivity contribution is 0.102. The minimum absolute atomic E-state index is 0.271. The molecule has 1 aromatic carbocycles. The van der Waals surface area contributed by atoms with Crippen LogP contribution in [0, 0.1) is 0 Å². The van der Waals surface area contributed by atoms with E-state index in [4.69, 9.17) is 16.3 Å². The van der Waals surface area contributed by atoms with Gasteiger partial charge in [-0.05, 0) is 36.8 Å². The maximum absolute atomic E-state index is 12.1. The summed E-state index contributed by atoms with van der Waals surface area (Å²) < 4.78 is 5.50. The molecule has 0 saturated carbocycles. The van der Waals surface area contributed by atoms with Gasteiger partial charge in [0.15, 0.2) is 5.82 Å². The Kier molecular flexibility index (Phi) is 4.96. The largest absolute Gasteiger partial charge is 0.494 e. The molecule has 2 aromatic rings. The zero-order valence-electron chi connectivity index (χ0n) is 11.1. The number of aromatic nitrogens is 1. The van der Waals surface area contributed by atoms with Crippen LogP contribution in [0.2, 0.25) is 5.02 Å². The van der Waals surface area contributed by atoms with E-state index in [1.165, 1.54) is 0 Å². The molecule has 20 heavy (non-hydrogen) atoms. The van der Waals surface area contributed by atoms with Crippen molar-refractivity contribution in [2.45, 2.75) is 13.3 Å². The second-order valence-electron chi connectivity index (χ2n) is 4.16. The van der Waals surface area contributed by atoms with Crippen LogP contribution in [0.3, 0.4) is 0 Å². The van der Waals surface area contributed by atoms with Crippen LogP contribution in [-0.4, -0.2) is 17.5 Å². The van der Waals surface area contributed by atoms with E-state index in [0.717, 1.165) is 6.42 Å². The summed E-state index contributed by atoms with van der Waals surface area (Å²) in [5, 5.41) is 3.07. The van der Waals surface area contributed by atoms with Crippen LogP contribution >= 0.6 is 11.6 Å². The third-order valence-electron chi connectivity index (χ3n) is 2.56. The molecule has 0 aliphatic heterocycles. The normalized spacial score (nSPS) is 10.1. The number of amides is 1. The number of rotatable bonds is 5. The summed E-state index contributed by atoms with van der Waals surface area (Å²) in [5.74, 6) is 0.748. The van der Waals surface area contributed by atoms with Crippen molar-refractivity contribution in [3.8, 4) is 5.75 Å². The van der Waals surface area contributed by atoms with Crippen LogP contribution < -0.4 is 10.1 Å². The zero-order valence-corrected chi connectivity index (χ0v) is 11.9. The Morgan fingerprint density at radius 1 is 1.35 bits per heavy atom. The maximum Gasteiger partial charge on any atom is 0.256 e. The molecule has 0 aliphatic rings. The lowest BCUT2D eigenvalue weighted by atomic mass is 10.2. The fourth-order valence-corrected chi connectivity index (χ4v) is 1.77. The molecule has 0 unspecified atom stereocenters. The smallest absolute Gasteiger partial charge is 0.256 e. The molecule has 1 heterocycles. The number of carbonyl (C=O) groups is 1. The molecule has 0 atom stereocenters. The molecule has 0 spiro atoms. The molecule has 0 radical (unpaired) electrons. The van der Waals surface area contributed by atoms with Crippen molar-refractivity contribution in [1.29, 1.82) is 0 Å². The third kappa shape index (κ3) is 3.71. The van der Waals surface area contributed by atoms with E-state index < -0.39 is 0 Å². The van der Waals surface area contributed by atoms with Crippen LogP contribution in [0.25, 0.3) is 0 Å². The van der Waals surface area contributed by atoms with Crippen LogP contribution in [0.15, 0.2) is 42.6 Å². The van der Waals surface area contributed by atoms with E-state index in [0.29, 0.717) is 28.8 Å². The number of pyridine rings is 1. The monoisotopic (exact) mass is 290 g/mol. The number of benzene rings is 1. The fraction of sp³-hybridized carbons (Fsp3) is 0.200. The first-order valence-electron chi connectivity index (χ1n) is 6.35. The van der Waals surface area contributed by atoms with E-state index in [-0.39, 0.29) is 5.91 Å². The first-order valence-corrected chi connectivity index (χ1v) is 6.73. The minimum Gasteiger partial charge on any atom is -0.494 e. The Morgan fingerprint density at radius 3 is 2.95 bits per heavy atom. The highest BCUT2D eigenvalue weighted by molar-refractivity contribution is 6.33. The van der Waals surface area contributed by atoms with Gasteiger partial charge in [0.05, 0.1) is 11.6 Å². The number of nitrogens with zero attached hydrogens (tertiary/aromatic N) is 1. The summed E-state index contributed by atoms with van der Waals surface area (Å²) in [6.07, 6.45) is 2.49. The van der Waals surface area contributed by atoms with Gasteiger partial charge in [-0.2, -0.15) is 0 Å². The van der Waals surface area contributed by atoms with Crippen LogP contribution in [0.4, 0.5) is 5.82 Å². The number of hydrogen-bond acceptors (Lipinski definition) is 3. The molecule has 0 saturated heterocycles. The number of halogens is 1. The summed E-state index contributed by atoms with van der Waals surface area (Å²) in [5.41, 5.74) is 0.500. The highest BCUT2D eigenvalue weighted by Crippen LogP contribution is 2.19. The van der Waals surface area contributed by atoms with Gasteiger partial charge in [-0.25, -0.2) is 4.98 Å². The molecule has 1 aromatic heterocycles. The van der Waals surface area contributed by atoms with E-state index >= 15 is 0 Å². The number of ether oxygens (including phenoxy) is 1. The Balaban J connectivity index is 2.11. The standard InChI is InChI=1S/C15H15ClN2O2/c1-2-9-20-12-6-3-5-11(10-12)15(19)18-14-13(16)7-4-8-17-14/h3-8,10H,2,9H2,1H3,(H,17,18,19). The molecule has 5 heteroatoms. The van der Waals surface area contributed by atoms with E-state index in [2.05, 4.69) is 10.3 Å².